The van der Waals surface area contributed by atoms with Gasteiger partial charge in [-0.2, -0.15) is 5.10 Å². The molecule has 2 rings (SSSR count). The Morgan fingerprint density at radius 1 is 1.04 bits per heavy atom. The predicted molar refractivity (Wildman–Crippen MR) is 99.4 cm³/mol. The molecule has 2 aromatic carbocycles. The molecular formula is C19H23N3O3. The van der Waals surface area contributed by atoms with Crippen LogP contribution in [0.15, 0.2) is 53.6 Å². The zero-order valence-corrected chi connectivity index (χ0v) is 14.7. The average Bonchev–Trinajstić information content (AvgIpc) is 2.65. The Morgan fingerprint density at radius 2 is 1.76 bits per heavy atom. The Kier molecular flexibility index (Phi) is 6.83. The number of hydrogen-bond acceptors (Lipinski definition) is 5. The lowest BCUT2D eigenvalue weighted by Gasteiger charge is -2.08. The molecule has 6 heteroatoms. The summed E-state index contributed by atoms with van der Waals surface area (Å²) in [4.78, 5) is 11.9. The largest absolute Gasteiger partial charge is 0.497 e. The molecule has 2 aromatic rings. The molecule has 0 aliphatic rings. The molecule has 0 saturated heterocycles. The number of nitrogens with one attached hydrogen (secondary N) is 2. The van der Waals surface area contributed by atoms with Crippen molar-refractivity contribution in [1.82, 2.24) is 5.43 Å². The number of benzene rings is 2. The van der Waals surface area contributed by atoms with Gasteiger partial charge in [-0.25, -0.2) is 5.43 Å². The lowest BCUT2D eigenvalue weighted by Crippen LogP contribution is -2.26. The van der Waals surface area contributed by atoms with E-state index in [9.17, 15) is 4.79 Å². The molecule has 0 fully saturated rings. The summed E-state index contributed by atoms with van der Waals surface area (Å²) in [7, 11) is 3.24. The summed E-state index contributed by atoms with van der Waals surface area (Å²) in [5.41, 5.74) is 5.29. The number of ether oxygens (including phenoxy) is 2. The summed E-state index contributed by atoms with van der Waals surface area (Å²) in [6.07, 6.45) is 0.660. The highest BCUT2D eigenvalue weighted by Gasteiger charge is 2.02. The minimum atomic E-state index is -0.211. The molecule has 25 heavy (non-hydrogen) atoms. The van der Waals surface area contributed by atoms with Crippen LogP contribution in [0.2, 0.25) is 0 Å². The third kappa shape index (κ3) is 6.18. The standard InChI is InChI=1S/C19H23N3O3/c1-14(11-15-7-9-17(24-2)10-8-15)21-22-19(23)13-20-16-5-4-6-18(12-16)25-3/h4-10,12,20H,11,13H2,1-3H3,(H,22,23)/b21-14-. The van der Waals surface area contributed by atoms with Crippen molar-refractivity contribution in [2.45, 2.75) is 13.3 Å². The maximum atomic E-state index is 11.9. The van der Waals surface area contributed by atoms with Gasteiger partial charge in [-0.15, -0.1) is 0 Å². The fourth-order valence-electron chi connectivity index (χ4n) is 2.19. The molecule has 0 radical (unpaired) electrons. The Bertz CT molecular complexity index is 727. The molecule has 2 N–H and O–H groups in total. The summed E-state index contributed by atoms with van der Waals surface area (Å²) in [5.74, 6) is 1.34. The highest BCUT2D eigenvalue weighted by Crippen LogP contribution is 2.16. The van der Waals surface area contributed by atoms with Crippen molar-refractivity contribution in [3.05, 3.63) is 54.1 Å². The third-order valence-electron chi connectivity index (χ3n) is 3.51. The van der Waals surface area contributed by atoms with Crippen molar-refractivity contribution in [3.63, 3.8) is 0 Å². The second kappa shape index (κ2) is 9.32. The van der Waals surface area contributed by atoms with Gasteiger partial charge in [0.25, 0.3) is 5.91 Å². The SMILES string of the molecule is COc1ccc(C/C(C)=N\NC(=O)CNc2cccc(OC)c2)cc1. The van der Waals surface area contributed by atoms with Crippen molar-refractivity contribution in [3.8, 4) is 11.5 Å². The van der Waals surface area contributed by atoms with Crippen LogP contribution in [-0.4, -0.2) is 32.4 Å². The highest BCUT2D eigenvalue weighted by atomic mass is 16.5. The number of carbonyl (C=O) groups excluding carboxylic acids is 1. The minimum Gasteiger partial charge on any atom is -0.497 e. The van der Waals surface area contributed by atoms with Crippen molar-refractivity contribution in [2.75, 3.05) is 26.1 Å². The zero-order valence-electron chi connectivity index (χ0n) is 14.7. The van der Waals surface area contributed by atoms with Gasteiger partial charge in [-0.1, -0.05) is 18.2 Å². The number of rotatable bonds is 8. The molecule has 0 aliphatic heterocycles. The monoisotopic (exact) mass is 341 g/mol. The Labute approximate surface area is 147 Å². The average molecular weight is 341 g/mol. The quantitative estimate of drug-likeness (QED) is 0.572. The molecule has 0 unspecified atom stereocenters. The van der Waals surface area contributed by atoms with Gasteiger partial charge in [-0.3, -0.25) is 4.79 Å². The molecule has 0 atom stereocenters. The van der Waals surface area contributed by atoms with Crippen molar-refractivity contribution < 1.29 is 14.3 Å². The van der Waals surface area contributed by atoms with Crippen molar-refractivity contribution >= 4 is 17.3 Å². The molecule has 0 aromatic heterocycles. The predicted octanol–water partition coefficient (Wildman–Crippen LogP) is 2.85. The first-order chi connectivity index (χ1) is 12.1. The number of nitrogens with zero attached hydrogens (tertiary/aromatic N) is 1. The van der Waals surface area contributed by atoms with Crippen LogP contribution in [-0.2, 0) is 11.2 Å². The molecule has 0 heterocycles. The number of hydrazone groups is 1. The fraction of sp³-hybridized carbons (Fsp3) is 0.263. The maximum Gasteiger partial charge on any atom is 0.259 e. The van der Waals surface area contributed by atoms with Gasteiger partial charge in [0, 0.05) is 23.9 Å². The molecule has 6 nitrogen and oxygen atoms in total. The van der Waals surface area contributed by atoms with Gasteiger partial charge in [0.05, 0.1) is 20.8 Å². The first kappa shape index (κ1) is 18.3. The van der Waals surface area contributed by atoms with E-state index < -0.39 is 0 Å². The Hall–Kier alpha value is -3.02. The van der Waals surface area contributed by atoms with E-state index in [1.54, 1.807) is 14.2 Å². The van der Waals surface area contributed by atoms with Gasteiger partial charge in [0.1, 0.15) is 11.5 Å². The van der Waals surface area contributed by atoms with E-state index in [4.69, 9.17) is 9.47 Å². The Morgan fingerprint density at radius 3 is 2.44 bits per heavy atom. The first-order valence-electron chi connectivity index (χ1n) is 7.93. The number of methoxy groups -OCH3 is 2. The number of hydrogen-bond donors (Lipinski definition) is 2. The van der Waals surface area contributed by atoms with Crippen LogP contribution < -0.4 is 20.2 Å². The number of carbonyl (C=O) groups is 1. The van der Waals surface area contributed by atoms with Gasteiger partial charge < -0.3 is 14.8 Å². The molecule has 0 saturated carbocycles. The second-order valence-electron chi connectivity index (χ2n) is 5.49. The summed E-state index contributed by atoms with van der Waals surface area (Å²) in [6, 6.07) is 15.2. The maximum absolute atomic E-state index is 11.9. The molecule has 0 spiro atoms. The van der Waals surface area contributed by atoms with Crippen molar-refractivity contribution in [2.24, 2.45) is 5.10 Å². The normalized spacial score (nSPS) is 10.9. The lowest BCUT2D eigenvalue weighted by atomic mass is 10.1. The lowest BCUT2D eigenvalue weighted by molar-refractivity contribution is -0.119. The second-order valence-corrected chi connectivity index (χ2v) is 5.49. The van der Waals surface area contributed by atoms with E-state index in [-0.39, 0.29) is 12.5 Å². The number of anilines is 1. The van der Waals surface area contributed by atoms with Crippen LogP contribution in [0, 0.1) is 0 Å². The first-order valence-corrected chi connectivity index (χ1v) is 7.93. The zero-order chi connectivity index (χ0) is 18.1. The minimum absolute atomic E-state index is 0.131. The van der Waals surface area contributed by atoms with Crippen LogP contribution in [0.5, 0.6) is 11.5 Å². The van der Waals surface area contributed by atoms with E-state index in [0.29, 0.717) is 6.42 Å². The van der Waals surface area contributed by atoms with Gasteiger partial charge in [-0.05, 0) is 36.8 Å². The third-order valence-corrected chi connectivity index (χ3v) is 3.51. The van der Waals surface area contributed by atoms with E-state index in [2.05, 4.69) is 15.8 Å². The summed E-state index contributed by atoms with van der Waals surface area (Å²) < 4.78 is 10.3. The van der Waals surface area contributed by atoms with Crippen LogP contribution >= 0.6 is 0 Å². The van der Waals surface area contributed by atoms with E-state index >= 15 is 0 Å². The summed E-state index contributed by atoms with van der Waals surface area (Å²) >= 11 is 0. The van der Waals surface area contributed by atoms with E-state index in [1.807, 2.05) is 55.5 Å². The topological polar surface area (TPSA) is 72.0 Å². The molecule has 0 aliphatic carbocycles. The van der Waals surface area contributed by atoms with E-state index in [1.165, 1.54) is 0 Å². The van der Waals surface area contributed by atoms with Gasteiger partial charge in [0.15, 0.2) is 0 Å². The van der Waals surface area contributed by atoms with Gasteiger partial charge in [0.2, 0.25) is 0 Å². The van der Waals surface area contributed by atoms with Crippen LogP contribution in [0.25, 0.3) is 0 Å². The smallest absolute Gasteiger partial charge is 0.259 e. The molecule has 132 valence electrons. The van der Waals surface area contributed by atoms with Crippen molar-refractivity contribution in [1.29, 1.82) is 0 Å². The molecular weight excluding hydrogens is 318 g/mol. The Balaban J connectivity index is 1.79. The molecule has 0 bridgehead atoms. The summed E-state index contributed by atoms with van der Waals surface area (Å²) in [6.45, 7) is 2.01. The van der Waals surface area contributed by atoms with Crippen LogP contribution in [0.1, 0.15) is 12.5 Å². The molecule has 1 amide bonds. The van der Waals surface area contributed by atoms with Crippen LogP contribution in [0.4, 0.5) is 5.69 Å². The van der Waals surface area contributed by atoms with E-state index in [0.717, 1.165) is 28.5 Å². The summed E-state index contributed by atoms with van der Waals surface area (Å²) in [5, 5.41) is 7.16. The highest BCUT2D eigenvalue weighted by molar-refractivity contribution is 5.87. The number of amides is 1. The fourth-order valence-corrected chi connectivity index (χ4v) is 2.19. The van der Waals surface area contributed by atoms with Gasteiger partial charge >= 0.3 is 0 Å². The van der Waals surface area contributed by atoms with Crippen LogP contribution in [0.3, 0.4) is 0 Å².